The largest absolute Gasteiger partial charge is 0.447 e. The van der Waals surface area contributed by atoms with Gasteiger partial charge < -0.3 is 9.47 Å². The normalized spacial score (nSPS) is 20.3. The highest BCUT2D eigenvalue weighted by atomic mass is 19.1. The van der Waals surface area contributed by atoms with Crippen molar-refractivity contribution in [3.8, 4) is 0 Å². The first-order chi connectivity index (χ1) is 11.1. The number of carbonyl (C=O) groups is 2. The van der Waals surface area contributed by atoms with Crippen molar-refractivity contribution in [3.63, 3.8) is 0 Å². The van der Waals surface area contributed by atoms with Gasteiger partial charge in [0.1, 0.15) is 18.5 Å². The van der Waals surface area contributed by atoms with Gasteiger partial charge in [0.2, 0.25) is 0 Å². The average Bonchev–Trinajstić information content (AvgIpc) is 3.11. The second-order valence-corrected chi connectivity index (χ2v) is 4.93. The van der Waals surface area contributed by atoms with E-state index >= 15 is 0 Å². The van der Waals surface area contributed by atoms with Crippen molar-refractivity contribution in [1.29, 1.82) is 0 Å². The third-order valence-corrected chi connectivity index (χ3v) is 3.52. The second kappa shape index (κ2) is 6.01. The summed E-state index contributed by atoms with van der Waals surface area (Å²) in [6.45, 7) is 0.649. The number of nitrogens with zero attached hydrogens (tertiary/aromatic N) is 5. The van der Waals surface area contributed by atoms with E-state index in [-0.39, 0.29) is 31.9 Å². The fraction of sp³-hybridized carbons (Fsp3) is 0.385. The van der Waals surface area contributed by atoms with E-state index in [4.69, 9.17) is 15.0 Å². The minimum atomic E-state index is -0.646. The Morgan fingerprint density at radius 3 is 2.83 bits per heavy atom. The molecule has 0 spiro atoms. The molecule has 2 fully saturated rings. The van der Waals surface area contributed by atoms with E-state index in [1.165, 1.54) is 21.9 Å². The molecular formula is C13H12FN5O4. The number of halogens is 1. The van der Waals surface area contributed by atoms with Crippen molar-refractivity contribution in [3.05, 3.63) is 34.5 Å². The third-order valence-electron chi connectivity index (χ3n) is 3.52. The topological polar surface area (TPSA) is 108 Å². The van der Waals surface area contributed by atoms with Crippen LogP contribution >= 0.6 is 0 Å². The van der Waals surface area contributed by atoms with Gasteiger partial charge in [-0.2, -0.15) is 0 Å². The Morgan fingerprint density at radius 2 is 2.17 bits per heavy atom. The third kappa shape index (κ3) is 2.84. The summed E-state index contributed by atoms with van der Waals surface area (Å²) in [7, 11) is 0. The van der Waals surface area contributed by atoms with E-state index < -0.39 is 24.1 Å². The fourth-order valence-electron chi connectivity index (χ4n) is 2.45. The molecule has 0 aromatic heterocycles. The maximum absolute atomic E-state index is 14.3. The number of cyclic esters (lactones) is 2. The maximum atomic E-state index is 14.3. The van der Waals surface area contributed by atoms with Gasteiger partial charge in [0.25, 0.3) is 0 Å². The summed E-state index contributed by atoms with van der Waals surface area (Å²) in [6.07, 6.45) is -1.82. The Bertz CT molecular complexity index is 706. The monoisotopic (exact) mass is 321 g/mol. The van der Waals surface area contributed by atoms with Crippen LogP contribution in [-0.4, -0.2) is 44.5 Å². The number of carbonyl (C=O) groups excluding carboxylic acids is 2. The van der Waals surface area contributed by atoms with Gasteiger partial charge >= 0.3 is 12.2 Å². The molecule has 10 heteroatoms. The lowest BCUT2D eigenvalue weighted by atomic mass is 10.2. The number of hydrogen-bond acceptors (Lipinski definition) is 5. The molecule has 2 amide bonds. The van der Waals surface area contributed by atoms with Crippen molar-refractivity contribution < 1.29 is 23.5 Å². The summed E-state index contributed by atoms with van der Waals surface area (Å²) in [5.41, 5.74) is 8.67. The molecule has 0 bridgehead atoms. The molecule has 0 saturated carbocycles. The quantitative estimate of drug-likeness (QED) is 0.482. The molecule has 2 aliphatic heterocycles. The number of ether oxygens (including phenoxy) is 2. The molecule has 1 aromatic rings. The van der Waals surface area contributed by atoms with Crippen molar-refractivity contribution in [2.45, 2.75) is 6.10 Å². The smallest absolute Gasteiger partial charge is 0.414 e. The van der Waals surface area contributed by atoms with E-state index in [2.05, 4.69) is 10.0 Å². The molecule has 120 valence electrons. The van der Waals surface area contributed by atoms with E-state index in [0.717, 1.165) is 6.07 Å². The molecule has 0 N–H and O–H groups in total. The number of hydrogen-bond donors (Lipinski definition) is 0. The first kappa shape index (κ1) is 14.9. The lowest BCUT2D eigenvalue weighted by Crippen LogP contribution is -2.27. The van der Waals surface area contributed by atoms with Crippen LogP contribution < -0.4 is 9.80 Å². The van der Waals surface area contributed by atoms with Gasteiger partial charge in [-0.3, -0.25) is 9.80 Å². The summed E-state index contributed by atoms with van der Waals surface area (Å²) >= 11 is 0. The zero-order valence-corrected chi connectivity index (χ0v) is 11.9. The fourth-order valence-corrected chi connectivity index (χ4v) is 2.45. The van der Waals surface area contributed by atoms with Crippen LogP contribution in [0, 0.1) is 5.82 Å². The summed E-state index contributed by atoms with van der Waals surface area (Å²) in [5.74, 6) is -0.646. The summed E-state index contributed by atoms with van der Waals surface area (Å²) in [6, 6.07) is 4.07. The lowest BCUT2D eigenvalue weighted by molar-refractivity contribution is 0.145. The van der Waals surface area contributed by atoms with Gasteiger partial charge in [0.15, 0.2) is 0 Å². The van der Waals surface area contributed by atoms with Crippen molar-refractivity contribution in [2.75, 3.05) is 36.0 Å². The van der Waals surface area contributed by atoms with Crippen LogP contribution in [0.25, 0.3) is 10.4 Å². The Balaban J connectivity index is 1.79. The Morgan fingerprint density at radius 1 is 1.35 bits per heavy atom. The van der Waals surface area contributed by atoms with Gasteiger partial charge in [-0.25, -0.2) is 14.0 Å². The van der Waals surface area contributed by atoms with Crippen LogP contribution in [0.3, 0.4) is 0 Å². The molecule has 2 saturated heterocycles. The minimum Gasteiger partial charge on any atom is -0.447 e. The highest BCUT2D eigenvalue weighted by Gasteiger charge is 2.33. The maximum Gasteiger partial charge on any atom is 0.414 e. The highest BCUT2D eigenvalue weighted by molar-refractivity contribution is 5.92. The molecule has 2 aliphatic rings. The van der Waals surface area contributed by atoms with Crippen LogP contribution in [0.4, 0.5) is 25.4 Å². The number of anilines is 2. The van der Waals surface area contributed by atoms with E-state index in [1.807, 2.05) is 0 Å². The molecule has 0 radical (unpaired) electrons. The molecule has 9 nitrogen and oxygen atoms in total. The van der Waals surface area contributed by atoms with Gasteiger partial charge in [0, 0.05) is 4.91 Å². The van der Waals surface area contributed by atoms with E-state index in [0.29, 0.717) is 5.69 Å². The predicted octanol–water partition coefficient (Wildman–Crippen LogP) is 2.42. The molecule has 2 heterocycles. The molecule has 0 aliphatic carbocycles. The van der Waals surface area contributed by atoms with Gasteiger partial charge in [-0.05, 0) is 23.7 Å². The predicted molar refractivity (Wildman–Crippen MR) is 76.7 cm³/mol. The zero-order chi connectivity index (χ0) is 16.4. The van der Waals surface area contributed by atoms with Crippen LogP contribution in [-0.2, 0) is 9.47 Å². The molecular weight excluding hydrogens is 309 g/mol. The average molecular weight is 321 g/mol. The number of amides is 2. The first-order valence-electron chi connectivity index (χ1n) is 6.83. The van der Waals surface area contributed by atoms with E-state index in [9.17, 15) is 14.0 Å². The Hall–Kier alpha value is -3.00. The van der Waals surface area contributed by atoms with Gasteiger partial charge in [-0.1, -0.05) is 5.11 Å². The molecule has 23 heavy (non-hydrogen) atoms. The number of rotatable bonds is 4. The summed E-state index contributed by atoms with van der Waals surface area (Å²) < 4.78 is 24.1. The molecule has 1 aromatic carbocycles. The van der Waals surface area contributed by atoms with Crippen LogP contribution in [0.15, 0.2) is 23.3 Å². The second-order valence-electron chi connectivity index (χ2n) is 4.93. The Labute approximate surface area is 129 Å². The zero-order valence-electron chi connectivity index (χ0n) is 11.9. The standard InChI is InChI=1S/C13H12FN5O4/c14-10-5-8(1-2-11(10)18-3-4-22-12(18)20)19-7-9(6-16-17-15)23-13(19)21/h1-2,5,9H,3-4,6-7H2. The van der Waals surface area contributed by atoms with Crippen LogP contribution in [0.1, 0.15) is 0 Å². The van der Waals surface area contributed by atoms with Crippen molar-refractivity contribution >= 4 is 23.6 Å². The lowest BCUT2D eigenvalue weighted by Gasteiger charge is -2.17. The van der Waals surface area contributed by atoms with Crippen LogP contribution in [0.2, 0.25) is 0 Å². The molecule has 1 atom stereocenters. The molecule has 3 rings (SSSR count). The number of azide groups is 1. The first-order valence-corrected chi connectivity index (χ1v) is 6.83. The summed E-state index contributed by atoms with van der Waals surface area (Å²) in [4.78, 5) is 28.3. The van der Waals surface area contributed by atoms with Crippen molar-refractivity contribution in [1.82, 2.24) is 0 Å². The summed E-state index contributed by atoms with van der Waals surface area (Å²) in [5, 5.41) is 3.35. The van der Waals surface area contributed by atoms with Crippen LogP contribution in [0.5, 0.6) is 0 Å². The van der Waals surface area contributed by atoms with Gasteiger partial charge in [0.05, 0.1) is 31.0 Å². The number of benzene rings is 1. The Kier molecular flexibility index (Phi) is 3.90. The van der Waals surface area contributed by atoms with Crippen molar-refractivity contribution in [2.24, 2.45) is 5.11 Å². The molecule has 1 unspecified atom stereocenters. The van der Waals surface area contributed by atoms with E-state index in [1.54, 1.807) is 0 Å². The highest BCUT2D eigenvalue weighted by Crippen LogP contribution is 2.29. The SMILES string of the molecule is [N-]=[N+]=NCC1CN(c2ccc(N3CCOC3=O)c(F)c2)C(=O)O1. The minimum absolute atomic E-state index is 0.0128. The van der Waals surface area contributed by atoms with Gasteiger partial charge in [-0.15, -0.1) is 0 Å².